The van der Waals surface area contributed by atoms with E-state index in [1.165, 1.54) is 39.0 Å². The van der Waals surface area contributed by atoms with E-state index in [1.807, 2.05) is 13.8 Å². The molecule has 3 amide bonds. The molecule has 0 radical (unpaired) electrons. The summed E-state index contributed by atoms with van der Waals surface area (Å²) >= 11 is 0. The lowest BCUT2D eigenvalue weighted by Gasteiger charge is -2.35. The van der Waals surface area contributed by atoms with Gasteiger partial charge < -0.3 is 38.8 Å². The Hall–Kier alpha value is -4.15. The molecule has 0 spiro atoms. The van der Waals surface area contributed by atoms with Gasteiger partial charge >= 0.3 is 6.03 Å². The number of nitrogens with zero attached hydrogens (tertiary/aromatic N) is 5. The normalized spacial score (nSPS) is 20.3. The maximum absolute atomic E-state index is 14.3. The number of likely N-dealkylation sites (N-methyl/N-ethyl adjacent to an activating group) is 1. The van der Waals surface area contributed by atoms with Gasteiger partial charge in [-0.15, -0.1) is 0 Å². The Morgan fingerprint density at radius 3 is 2.62 bits per heavy atom. The molecular weight excluding hydrogens is 642 g/mol. The fraction of sp³-hybridized carbons (Fsp3) is 0.562. The van der Waals surface area contributed by atoms with E-state index in [0.29, 0.717) is 35.9 Å². The summed E-state index contributed by atoms with van der Waals surface area (Å²) in [5.74, 6) is 0.0611. The molecule has 1 aliphatic heterocycles. The molecule has 264 valence electrons. The third-order valence-corrected chi connectivity index (χ3v) is 9.59. The summed E-state index contributed by atoms with van der Waals surface area (Å²) in [6.07, 6.45) is 4.27. The van der Waals surface area contributed by atoms with Crippen LogP contribution >= 0.6 is 0 Å². The standard InChI is InChI=1S/C32H47N7O8S/c1-20-15-39(21(2)18-40)31(41)26-14-25(36-48(43,44)29-17-37(6)19-33-29)11-12-27(26)46-22(3)10-8-9-13-45-28(20)16-38(7)32(42)34-30-23(4)35-47-24(30)5/h11-12,14,17,19-22,28,36,40H,8-10,13,15-16,18H2,1-7H3,(H,34,42)/t20-,21-,22-,28+/m1/s1. The van der Waals surface area contributed by atoms with Gasteiger partial charge in [0.2, 0.25) is 0 Å². The Labute approximate surface area is 281 Å². The van der Waals surface area contributed by atoms with Crippen LogP contribution in [0, 0.1) is 19.8 Å². The molecular formula is C32H47N7O8S. The molecule has 0 aliphatic carbocycles. The zero-order valence-corrected chi connectivity index (χ0v) is 29.4. The number of aliphatic hydroxyl groups excluding tert-OH is 1. The Kier molecular flexibility index (Phi) is 12.1. The molecule has 1 aliphatic rings. The molecule has 3 N–H and O–H groups in total. The Bertz CT molecular complexity index is 1650. The monoisotopic (exact) mass is 689 g/mol. The molecule has 3 aromatic rings. The van der Waals surface area contributed by atoms with Gasteiger partial charge in [0.25, 0.3) is 15.9 Å². The molecule has 4 rings (SSSR count). The number of hydrogen-bond donors (Lipinski definition) is 3. The first-order valence-electron chi connectivity index (χ1n) is 16.0. The Balaban J connectivity index is 1.63. The minimum atomic E-state index is -4.04. The Morgan fingerprint density at radius 1 is 1.23 bits per heavy atom. The van der Waals surface area contributed by atoms with Gasteiger partial charge in [0.15, 0.2) is 10.8 Å². The van der Waals surface area contributed by atoms with Gasteiger partial charge in [-0.1, -0.05) is 12.1 Å². The number of carbonyl (C=O) groups is 2. The topological polar surface area (TPSA) is 181 Å². The van der Waals surface area contributed by atoms with Crippen LogP contribution in [0.2, 0.25) is 0 Å². The molecule has 0 saturated heterocycles. The van der Waals surface area contributed by atoms with Crippen molar-refractivity contribution >= 4 is 33.3 Å². The van der Waals surface area contributed by atoms with Gasteiger partial charge in [0.05, 0.1) is 36.7 Å². The predicted molar refractivity (Wildman–Crippen MR) is 179 cm³/mol. The highest BCUT2D eigenvalue weighted by Crippen LogP contribution is 2.29. The minimum Gasteiger partial charge on any atom is -0.490 e. The van der Waals surface area contributed by atoms with Crippen molar-refractivity contribution in [3.63, 3.8) is 0 Å². The van der Waals surface area contributed by atoms with Gasteiger partial charge in [-0.3, -0.25) is 9.52 Å². The highest BCUT2D eigenvalue weighted by atomic mass is 32.2. The number of carbonyl (C=O) groups excluding carboxylic acids is 2. The molecule has 0 unspecified atom stereocenters. The lowest BCUT2D eigenvalue weighted by Crippen LogP contribution is -2.48. The number of aliphatic hydroxyl groups is 1. The maximum Gasteiger partial charge on any atom is 0.321 e. The second kappa shape index (κ2) is 15.8. The number of rotatable bonds is 8. The fourth-order valence-electron chi connectivity index (χ4n) is 5.40. The highest BCUT2D eigenvalue weighted by Gasteiger charge is 2.31. The van der Waals surface area contributed by atoms with Crippen molar-refractivity contribution in [2.75, 3.05) is 43.4 Å². The fourth-order valence-corrected chi connectivity index (χ4v) is 6.43. The number of urea groups is 1. The van der Waals surface area contributed by atoms with E-state index in [4.69, 9.17) is 14.0 Å². The molecule has 15 nitrogen and oxygen atoms in total. The summed E-state index contributed by atoms with van der Waals surface area (Å²) in [4.78, 5) is 34.5. The molecule has 1 aromatic carbocycles. The van der Waals surface area contributed by atoms with Gasteiger partial charge in [0.1, 0.15) is 17.1 Å². The van der Waals surface area contributed by atoms with E-state index >= 15 is 0 Å². The number of sulfonamides is 1. The molecule has 0 saturated carbocycles. The lowest BCUT2D eigenvalue weighted by atomic mass is 10.0. The maximum atomic E-state index is 14.3. The Morgan fingerprint density at radius 2 is 1.98 bits per heavy atom. The summed E-state index contributed by atoms with van der Waals surface area (Å²) in [5.41, 5.74) is 1.37. The molecule has 4 atom stereocenters. The molecule has 0 fully saturated rings. The SMILES string of the molecule is Cc1noc(C)c1NC(=O)N(C)C[C@@H]1OCCCC[C@@H](C)Oc2ccc(NS(=O)(=O)c3cn(C)cn3)cc2C(=O)N([C@H](C)CO)C[C@H]1C. The first-order valence-corrected chi connectivity index (χ1v) is 17.5. The third-order valence-electron chi connectivity index (χ3n) is 8.33. The van der Waals surface area contributed by atoms with Crippen LogP contribution in [0.3, 0.4) is 0 Å². The van der Waals surface area contributed by atoms with Crippen LogP contribution < -0.4 is 14.8 Å². The number of fused-ring (bicyclic) bond motifs is 1. The van der Waals surface area contributed by atoms with Gasteiger partial charge in [-0.05, 0) is 65.2 Å². The quantitative estimate of drug-likeness (QED) is 0.315. The number of anilines is 2. The van der Waals surface area contributed by atoms with E-state index in [9.17, 15) is 23.1 Å². The van der Waals surface area contributed by atoms with Gasteiger partial charge in [-0.25, -0.2) is 9.78 Å². The molecule has 16 heteroatoms. The van der Waals surface area contributed by atoms with Gasteiger partial charge in [-0.2, -0.15) is 8.42 Å². The summed E-state index contributed by atoms with van der Waals surface area (Å²) in [6, 6.07) is 3.60. The minimum absolute atomic E-state index is 0.140. The molecule has 48 heavy (non-hydrogen) atoms. The summed E-state index contributed by atoms with van der Waals surface area (Å²) < 4.78 is 47.9. The van der Waals surface area contributed by atoms with Crippen LogP contribution in [-0.4, -0.2) is 102 Å². The zero-order valence-electron chi connectivity index (χ0n) is 28.6. The zero-order chi connectivity index (χ0) is 35.2. The highest BCUT2D eigenvalue weighted by molar-refractivity contribution is 7.92. The van der Waals surface area contributed by atoms with E-state index in [1.54, 1.807) is 40.9 Å². The number of amides is 3. The second-order valence-corrected chi connectivity index (χ2v) is 14.1. The van der Waals surface area contributed by atoms with Crippen LogP contribution in [0.1, 0.15) is 61.8 Å². The summed E-state index contributed by atoms with van der Waals surface area (Å²) in [7, 11) is -0.711. The van der Waals surface area contributed by atoms with E-state index in [-0.39, 0.29) is 54.0 Å². The van der Waals surface area contributed by atoms with Crippen LogP contribution in [-0.2, 0) is 21.8 Å². The van der Waals surface area contributed by atoms with Crippen LogP contribution in [0.15, 0.2) is 40.3 Å². The first kappa shape index (κ1) is 36.7. The number of imidazole rings is 1. The van der Waals surface area contributed by atoms with Crippen LogP contribution in [0.5, 0.6) is 5.75 Å². The average Bonchev–Trinajstić information content (AvgIpc) is 3.63. The number of hydrogen-bond acceptors (Lipinski definition) is 10. The van der Waals surface area contributed by atoms with Crippen LogP contribution in [0.4, 0.5) is 16.2 Å². The average molecular weight is 690 g/mol. The molecule has 0 bridgehead atoms. The predicted octanol–water partition coefficient (Wildman–Crippen LogP) is 3.79. The van der Waals surface area contributed by atoms with Crippen molar-refractivity contribution in [1.82, 2.24) is 24.5 Å². The number of nitrogens with one attached hydrogen (secondary N) is 2. The molecule has 2 aromatic heterocycles. The summed E-state index contributed by atoms with van der Waals surface area (Å²) in [5, 5.41) is 16.8. The van der Waals surface area contributed by atoms with Crippen molar-refractivity contribution in [2.45, 2.75) is 77.2 Å². The number of aryl methyl sites for hydroxylation is 3. The number of aromatic nitrogens is 3. The van der Waals surface area contributed by atoms with Crippen molar-refractivity contribution < 1.29 is 37.1 Å². The van der Waals surface area contributed by atoms with E-state index < -0.39 is 28.1 Å². The van der Waals surface area contributed by atoms with E-state index in [0.717, 1.165) is 12.8 Å². The van der Waals surface area contributed by atoms with Crippen molar-refractivity contribution in [1.29, 1.82) is 0 Å². The summed E-state index contributed by atoms with van der Waals surface area (Å²) in [6.45, 7) is 9.54. The molecule has 3 heterocycles. The van der Waals surface area contributed by atoms with Crippen molar-refractivity contribution in [3.8, 4) is 5.75 Å². The van der Waals surface area contributed by atoms with Crippen molar-refractivity contribution in [2.24, 2.45) is 13.0 Å². The van der Waals surface area contributed by atoms with Gasteiger partial charge in [0, 0.05) is 51.6 Å². The first-order chi connectivity index (χ1) is 22.7. The smallest absolute Gasteiger partial charge is 0.321 e. The largest absolute Gasteiger partial charge is 0.490 e. The third kappa shape index (κ3) is 9.05. The van der Waals surface area contributed by atoms with Crippen molar-refractivity contribution in [3.05, 3.63) is 47.7 Å². The van der Waals surface area contributed by atoms with E-state index in [2.05, 4.69) is 20.2 Å². The number of benzene rings is 1. The number of ether oxygens (including phenoxy) is 2. The lowest BCUT2D eigenvalue weighted by molar-refractivity contribution is -0.0115. The second-order valence-electron chi connectivity index (χ2n) is 12.5. The van der Waals surface area contributed by atoms with Crippen LogP contribution in [0.25, 0.3) is 0 Å².